The third-order valence-electron chi connectivity index (χ3n) is 3.50. The summed E-state index contributed by atoms with van der Waals surface area (Å²) in [6.45, 7) is 10.4. The number of amides is 1. The quantitative estimate of drug-likeness (QED) is 0.900. The molecule has 1 aliphatic rings. The van der Waals surface area contributed by atoms with E-state index in [1.54, 1.807) is 6.07 Å². The fourth-order valence-electron chi connectivity index (χ4n) is 2.07. The van der Waals surface area contributed by atoms with Crippen molar-refractivity contribution in [3.05, 3.63) is 11.8 Å². The molecule has 0 spiro atoms. The molecule has 20 heavy (non-hydrogen) atoms. The summed E-state index contributed by atoms with van der Waals surface area (Å²) in [4.78, 5) is 16.4. The Hall–Kier alpha value is -1.40. The summed E-state index contributed by atoms with van der Waals surface area (Å²) in [5.41, 5.74) is 0.761. The molecular formula is C14H24N4O2. The van der Waals surface area contributed by atoms with E-state index in [1.807, 2.05) is 0 Å². The summed E-state index contributed by atoms with van der Waals surface area (Å²) in [5, 5.41) is 6.76. The maximum Gasteiger partial charge on any atom is 0.240 e. The van der Waals surface area contributed by atoms with Gasteiger partial charge in [-0.05, 0) is 7.05 Å². The minimum absolute atomic E-state index is 0.0498. The van der Waals surface area contributed by atoms with Crippen LogP contribution in [0.25, 0.3) is 0 Å². The van der Waals surface area contributed by atoms with E-state index in [0.717, 1.165) is 31.9 Å². The Morgan fingerprint density at radius 2 is 2.00 bits per heavy atom. The van der Waals surface area contributed by atoms with Crippen LogP contribution in [0.2, 0.25) is 0 Å². The smallest absolute Gasteiger partial charge is 0.240 e. The van der Waals surface area contributed by atoms with Crippen LogP contribution in [-0.4, -0.2) is 60.6 Å². The Morgan fingerprint density at radius 1 is 1.35 bits per heavy atom. The summed E-state index contributed by atoms with van der Waals surface area (Å²) >= 11 is 0. The summed E-state index contributed by atoms with van der Waals surface area (Å²) in [6, 6.07) is 1.79. The molecule has 1 fully saturated rings. The zero-order valence-corrected chi connectivity index (χ0v) is 12.8. The van der Waals surface area contributed by atoms with Gasteiger partial charge in [0.15, 0.2) is 0 Å². The van der Waals surface area contributed by atoms with E-state index in [4.69, 9.17) is 4.52 Å². The van der Waals surface area contributed by atoms with Crippen LogP contribution in [0.1, 0.15) is 26.5 Å². The lowest BCUT2D eigenvalue weighted by Gasteiger charge is -2.31. The number of hydrogen-bond donors (Lipinski definition) is 1. The Bertz CT molecular complexity index is 456. The highest BCUT2D eigenvalue weighted by atomic mass is 16.5. The van der Waals surface area contributed by atoms with Crippen LogP contribution in [0.3, 0.4) is 0 Å². The fraction of sp³-hybridized carbons (Fsp3) is 0.714. The van der Waals surface area contributed by atoms with Crippen molar-refractivity contribution in [1.29, 1.82) is 0 Å². The second-order valence-corrected chi connectivity index (χ2v) is 6.45. The van der Waals surface area contributed by atoms with Gasteiger partial charge in [-0.15, -0.1) is 0 Å². The van der Waals surface area contributed by atoms with Crippen LogP contribution in [-0.2, 0) is 10.2 Å². The van der Waals surface area contributed by atoms with Gasteiger partial charge in [0.05, 0.1) is 12.2 Å². The molecule has 1 aromatic rings. The molecule has 0 atom stereocenters. The standard InChI is InChI=1S/C14H24N4O2/c1-14(2,3)11-9-13(20-16-11)15-12(19)10-18-7-5-17(4)6-8-18/h9H,5-8,10H2,1-4H3,(H,15,19). The van der Waals surface area contributed by atoms with E-state index in [0.29, 0.717) is 12.4 Å². The van der Waals surface area contributed by atoms with Crippen molar-refractivity contribution >= 4 is 11.8 Å². The number of rotatable bonds is 3. The number of anilines is 1. The van der Waals surface area contributed by atoms with Crippen LogP contribution in [0.5, 0.6) is 0 Å². The molecule has 0 aliphatic carbocycles. The molecule has 6 nitrogen and oxygen atoms in total. The van der Waals surface area contributed by atoms with Crippen molar-refractivity contribution in [3.8, 4) is 0 Å². The number of hydrogen-bond acceptors (Lipinski definition) is 5. The van der Waals surface area contributed by atoms with Gasteiger partial charge in [-0.25, -0.2) is 0 Å². The highest BCUT2D eigenvalue weighted by molar-refractivity contribution is 5.91. The molecule has 1 amide bonds. The van der Waals surface area contributed by atoms with E-state index in [-0.39, 0.29) is 11.3 Å². The predicted molar refractivity (Wildman–Crippen MR) is 77.8 cm³/mol. The second-order valence-electron chi connectivity index (χ2n) is 6.45. The van der Waals surface area contributed by atoms with E-state index in [2.05, 4.69) is 48.1 Å². The first kappa shape index (κ1) is 15.0. The SMILES string of the molecule is CN1CCN(CC(=O)Nc2cc(C(C)(C)C)no2)CC1. The van der Waals surface area contributed by atoms with E-state index >= 15 is 0 Å². The Labute approximate surface area is 120 Å². The molecule has 1 aliphatic heterocycles. The minimum Gasteiger partial charge on any atom is -0.338 e. The first-order valence-electron chi connectivity index (χ1n) is 7.02. The monoisotopic (exact) mass is 280 g/mol. The van der Waals surface area contributed by atoms with Crippen LogP contribution in [0, 0.1) is 0 Å². The molecular weight excluding hydrogens is 256 g/mol. The van der Waals surface area contributed by atoms with Gasteiger partial charge in [0, 0.05) is 37.7 Å². The molecule has 0 unspecified atom stereocenters. The maximum atomic E-state index is 12.0. The van der Waals surface area contributed by atoms with E-state index < -0.39 is 0 Å². The van der Waals surface area contributed by atoms with Crippen molar-refractivity contribution in [1.82, 2.24) is 15.0 Å². The molecule has 0 bridgehead atoms. The molecule has 112 valence electrons. The number of carbonyl (C=O) groups is 1. The third kappa shape index (κ3) is 4.05. The Morgan fingerprint density at radius 3 is 2.55 bits per heavy atom. The van der Waals surface area contributed by atoms with Gasteiger partial charge in [-0.2, -0.15) is 0 Å². The van der Waals surface area contributed by atoms with Crippen molar-refractivity contribution in [2.45, 2.75) is 26.2 Å². The first-order valence-corrected chi connectivity index (χ1v) is 7.02. The third-order valence-corrected chi connectivity index (χ3v) is 3.50. The molecule has 1 saturated heterocycles. The zero-order chi connectivity index (χ0) is 14.8. The lowest BCUT2D eigenvalue weighted by Crippen LogP contribution is -2.47. The molecule has 1 aromatic heterocycles. The summed E-state index contributed by atoms with van der Waals surface area (Å²) in [5.74, 6) is 0.375. The Kier molecular flexibility index (Phi) is 4.45. The molecule has 2 heterocycles. The normalized spacial score (nSPS) is 18.2. The molecule has 0 aromatic carbocycles. The molecule has 6 heteroatoms. The largest absolute Gasteiger partial charge is 0.338 e. The van der Waals surface area contributed by atoms with Crippen LogP contribution in [0.4, 0.5) is 5.88 Å². The van der Waals surface area contributed by atoms with Crippen molar-refractivity contribution in [2.24, 2.45) is 0 Å². The van der Waals surface area contributed by atoms with Gasteiger partial charge in [0.2, 0.25) is 11.8 Å². The highest BCUT2D eigenvalue weighted by Gasteiger charge is 2.21. The summed E-state index contributed by atoms with van der Waals surface area (Å²) in [7, 11) is 2.10. The number of aromatic nitrogens is 1. The van der Waals surface area contributed by atoms with Gasteiger partial charge in [0.25, 0.3) is 0 Å². The highest BCUT2D eigenvalue weighted by Crippen LogP contribution is 2.23. The van der Waals surface area contributed by atoms with Gasteiger partial charge in [-0.3, -0.25) is 15.0 Å². The molecule has 0 saturated carbocycles. The fourth-order valence-corrected chi connectivity index (χ4v) is 2.07. The van der Waals surface area contributed by atoms with Crippen LogP contribution < -0.4 is 5.32 Å². The molecule has 2 rings (SSSR count). The predicted octanol–water partition coefficient (Wildman–Crippen LogP) is 1.16. The number of nitrogens with one attached hydrogen (secondary N) is 1. The van der Waals surface area contributed by atoms with Gasteiger partial charge >= 0.3 is 0 Å². The van der Waals surface area contributed by atoms with Crippen LogP contribution >= 0.6 is 0 Å². The van der Waals surface area contributed by atoms with Gasteiger partial charge < -0.3 is 9.42 Å². The van der Waals surface area contributed by atoms with E-state index in [1.165, 1.54) is 0 Å². The second kappa shape index (κ2) is 5.93. The van der Waals surface area contributed by atoms with Crippen molar-refractivity contribution < 1.29 is 9.32 Å². The summed E-state index contributed by atoms with van der Waals surface area (Å²) < 4.78 is 5.16. The number of likely N-dealkylation sites (N-methyl/N-ethyl adjacent to an activating group) is 1. The first-order chi connectivity index (χ1) is 9.34. The number of nitrogens with zero attached hydrogens (tertiary/aromatic N) is 3. The van der Waals surface area contributed by atoms with Gasteiger partial charge in [-0.1, -0.05) is 25.9 Å². The van der Waals surface area contributed by atoms with Crippen molar-refractivity contribution in [3.63, 3.8) is 0 Å². The topological polar surface area (TPSA) is 61.6 Å². The minimum atomic E-state index is -0.0794. The average molecular weight is 280 g/mol. The van der Waals surface area contributed by atoms with Gasteiger partial charge in [0.1, 0.15) is 0 Å². The number of piperazine rings is 1. The Balaban J connectivity index is 1.84. The molecule has 1 N–H and O–H groups in total. The lowest BCUT2D eigenvalue weighted by atomic mass is 9.92. The van der Waals surface area contributed by atoms with E-state index in [9.17, 15) is 4.79 Å². The van der Waals surface area contributed by atoms with Crippen LogP contribution in [0.15, 0.2) is 10.6 Å². The zero-order valence-electron chi connectivity index (χ0n) is 12.8. The average Bonchev–Trinajstić information content (AvgIpc) is 2.80. The lowest BCUT2D eigenvalue weighted by molar-refractivity contribution is -0.117. The maximum absolute atomic E-state index is 12.0. The number of carbonyl (C=O) groups excluding carboxylic acids is 1. The molecule has 0 radical (unpaired) electrons. The summed E-state index contributed by atoms with van der Waals surface area (Å²) in [6.07, 6.45) is 0. The van der Waals surface area contributed by atoms with Crippen molar-refractivity contribution in [2.75, 3.05) is 45.1 Å².